The summed E-state index contributed by atoms with van der Waals surface area (Å²) < 4.78 is 5.66. The Morgan fingerprint density at radius 3 is 2.50 bits per heavy atom. The Hall–Kier alpha value is -1.87. The summed E-state index contributed by atoms with van der Waals surface area (Å²) in [6.07, 6.45) is 5.32. The lowest BCUT2D eigenvalue weighted by molar-refractivity contribution is -0.146. The largest absolute Gasteiger partial charge is 0.769 e. The summed E-state index contributed by atoms with van der Waals surface area (Å²) in [5.41, 5.74) is -1.31. The van der Waals surface area contributed by atoms with Crippen molar-refractivity contribution >= 4 is 17.3 Å². The highest BCUT2D eigenvalue weighted by Crippen LogP contribution is 2.53. The molecule has 0 amide bonds. The molecule has 3 unspecified atom stereocenters. The van der Waals surface area contributed by atoms with Gasteiger partial charge < -0.3 is 20.4 Å². The molecule has 0 radical (unpaired) electrons. The lowest BCUT2D eigenvalue weighted by Gasteiger charge is -2.54. The van der Waals surface area contributed by atoms with E-state index in [0.29, 0.717) is 11.8 Å². The van der Waals surface area contributed by atoms with Crippen molar-refractivity contribution in [3.63, 3.8) is 0 Å². The molecule has 2 aliphatic carbocycles. The number of carbonyl (C=O) groups is 1. The SMILES string of the molecule is CC1(OC(=O)c2cc(N([O-])[O-])cc(N(O)O)c2)CC2CCCCC21. The van der Waals surface area contributed by atoms with Gasteiger partial charge in [0.05, 0.1) is 11.3 Å². The third-order valence-electron chi connectivity index (χ3n) is 5.27. The van der Waals surface area contributed by atoms with Crippen LogP contribution >= 0.6 is 0 Å². The fourth-order valence-corrected chi connectivity index (χ4v) is 4.09. The third kappa shape index (κ3) is 3.05. The van der Waals surface area contributed by atoms with Crippen LogP contribution in [0.4, 0.5) is 11.4 Å². The monoisotopic (exact) mass is 336 g/mol. The fourth-order valence-electron chi connectivity index (χ4n) is 4.09. The molecule has 0 saturated heterocycles. The van der Waals surface area contributed by atoms with Crippen molar-refractivity contribution in [1.82, 2.24) is 0 Å². The first-order valence-electron chi connectivity index (χ1n) is 8.01. The molecule has 8 heteroatoms. The topological polar surface area (TPSA) is 119 Å². The highest BCUT2D eigenvalue weighted by atomic mass is 16.8. The van der Waals surface area contributed by atoms with E-state index >= 15 is 0 Å². The fraction of sp³-hybridized carbons (Fsp3) is 0.562. The molecule has 8 nitrogen and oxygen atoms in total. The molecule has 132 valence electrons. The van der Waals surface area contributed by atoms with Crippen LogP contribution in [0.1, 0.15) is 49.4 Å². The molecule has 0 aromatic heterocycles. The van der Waals surface area contributed by atoms with Gasteiger partial charge in [-0.05, 0) is 50.3 Å². The summed E-state index contributed by atoms with van der Waals surface area (Å²) in [6, 6.07) is 3.18. The molecule has 0 bridgehead atoms. The van der Waals surface area contributed by atoms with Gasteiger partial charge in [-0.3, -0.25) is 10.4 Å². The van der Waals surface area contributed by atoms with Gasteiger partial charge >= 0.3 is 5.97 Å². The molecule has 24 heavy (non-hydrogen) atoms. The second-order valence-electron chi connectivity index (χ2n) is 6.84. The van der Waals surface area contributed by atoms with Crippen LogP contribution in [0.2, 0.25) is 0 Å². The number of benzene rings is 1. The van der Waals surface area contributed by atoms with Gasteiger partial charge in [-0.1, -0.05) is 12.8 Å². The molecule has 3 rings (SSSR count). The maximum Gasteiger partial charge on any atom is 0.338 e. The highest BCUT2D eigenvalue weighted by Gasteiger charge is 2.53. The second-order valence-corrected chi connectivity index (χ2v) is 6.84. The van der Waals surface area contributed by atoms with E-state index in [1.807, 2.05) is 6.92 Å². The molecular formula is C16H20N2O6-2. The number of rotatable bonds is 4. The Labute approximate surface area is 139 Å². The third-order valence-corrected chi connectivity index (χ3v) is 5.27. The molecule has 3 atom stereocenters. The van der Waals surface area contributed by atoms with Crippen molar-refractivity contribution in [1.29, 1.82) is 0 Å². The van der Waals surface area contributed by atoms with Crippen LogP contribution < -0.4 is 10.5 Å². The minimum atomic E-state index is -0.702. The number of nitrogens with zero attached hydrogens (tertiary/aromatic N) is 2. The number of hydrogen-bond donors (Lipinski definition) is 2. The Balaban J connectivity index is 1.79. The average molecular weight is 336 g/mol. The van der Waals surface area contributed by atoms with Crippen LogP contribution in [0.5, 0.6) is 0 Å². The molecular weight excluding hydrogens is 316 g/mol. The maximum atomic E-state index is 12.5. The molecule has 0 aliphatic heterocycles. The molecule has 1 aromatic carbocycles. The van der Waals surface area contributed by atoms with Crippen LogP contribution in [0.3, 0.4) is 0 Å². The minimum absolute atomic E-state index is 0.0761. The minimum Gasteiger partial charge on any atom is -0.769 e. The predicted octanol–water partition coefficient (Wildman–Crippen LogP) is 3.20. The molecule has 2 N–H and O–H groups in total. The van der Waals surface area contributed by atoms with Crippen molar-refractivity contribution in [2.24, 2.45) is 11.8 Å². The Morgan fingerprint density at radius 2 is 1.88 bits per heavy atom. The van der Waals surface area contributed by atoms with Crippen molar-refractivity contribution in [3.8, 4) is 0 Å². The van der Waals surface area contributed by atoms with E-state index in [9.17, 15) is 15.2 Å². The van der Waals surface area contributed by atoms with Crippen LogP contribution in [0.25, 0.3) is 0 Å². The number of ether oxygens (including phenoxy) is 1. The Kier molecular flexibility index (Phi) is 4.39. The maximum absolute atomic E-state index is 12.5. The van der Waals surface area contributed by atoms with Crippen molar-refractivity contribution < 1.29 is 19.9 Å². The lowest BCUT2D eigenvalue weighted by atomic mass is 9.56. The summed E-state index contributed by atoms with van der Waals surface area (Å²) in [7, 11) is 0. The van der Waals surface area contributed by atoms with Gasteiger partial charge in [0.1, 0.15) is 5.60 Å². The number of anilines is 2. The van der Waals surface area contributed by atoms with E-state index in [2.05, 4.69) is 0 Å². The zero-order chi connectivity index (χ0) is 17.5. The van der Waals surface area contributed by atoms with Gasteiger partial charge in [0.25, 0.3) is 0 Å². The summed E-state index contributed by atoms with van der Waals surface area (Å²) >= 11 is 0. The number of hydrogen-bond acceptors (Lipinski definition) is 8. The molecule has 0 spiro atoms. The van der Waals surface area contributed by atoms with Crippen molar-refractivity contribution in [2.75, 3.05) is 10.5 Å². The van der Waals surface area contributed by atoms with E-state index in [-0.39, 0.29) is 16.5 Å². The smallest absolute Gasteiger partial charge is 0.338 e. The molecule has 0 heterocycles. The number of carbonyl (C=O) groups excluding carboxylic acids is 1. The van der Waals surface area contributed by atoms with Gasteiger partial charge in [0.2, 0.25) is 0 Å². The lowest BCUT2D eigenvalue weighted by Crippen LogP contribution is -2.55. The van der Waals surface area contributed by atoms with Crippen LogP contribution in [-0.4, -0.2) is 22.0 Å². The van der Waals surface area contributed by atoms with Crippen LogP contribution in [-0.2, 0) is 4.74 Å². The van der Waals surface area contributed by atoms with Gasteiger partial charge in [-0.15, -0.1) is 5.23 Å². The first-order chi connectivity index (χ1) is 11.3. The average Bonchev–Trinajstić information content (AvgIpc) is 2.53. The first-order valence-corrected chi connectivity index (χ1v) is 8.01. The summed E-state index contributed by atoms with van der Waals surface area (Å²) in [4.78, 5) is 12.5. The van der Waals surface area contributed by atoms with Crippen molar-refractivity contribution in [2.45, 2.75) is 44.6 Å². The first kappa shape index (κ1) is 17.0. The van der Waals surface area contributed by atoms with E-state index in [1.165, 1.54) is 6.42 Å². The van der Waals surface area contributed by atoms with E-state index in [0.717, 1.165) is 43.9 Å². The highest BCUT2D eigenvalue weighted by molar-refractivity contribution is 5.92. The quantitative estimate of drug-likeness (QED) is 0.635. The summed E-state index contributed by atoms with van der Waals surface area (Å²) in [6.45, 7) is 1.90. The predicted molar refractivity (Wildman–Crippen MR) is 85.6 cm³/mol. The van der Waals surface area contributed by atoms with E-state index < -0.39 is 22.5 Å². The summed E-state index contributed by atoms with van der Waals surface area (Å²) in [5.74, 6) is 0.233. The van der Waals surface area contributed by atoms with E-state index in [1.54, 1.807) is 0 Å². The van der Waals surface area contributed by atoms with Crippen molar-refractivity contribution in [3.05, 3.63) is 34.2 Å². The number of esters is 1. The Bertz CT molecular complexity index is 609. The molecule has 2 aliphatic rings. The molecule has 1 aromatic rings. The standard InChI is InChI=1S/C16H20N2O6/c1-16(9-10-4-2-3-5-14(10)16)24-15(19)11-6-12(17(20)21)8-13(7-11)18(22)23/h6-8,10,14,20-21H,2-5,9H2,1H3/q-2. The molecule has 2 fully saturated rings. The summed E-state index contributed by atoms with van der Waals surface area (Å²) in [5, 5.41) is 39.2. The Morgan fingerprint density at radius 1 is 1.21 bits per heavy atom. The normalized spacial score (nSPS) is 28.5. The number of fused-ring (bicyclic) bond motifs is 1. The second kappa shape index (κ2) is 6.21. The van der Waals surface area contributed by atoms with Crippen LogP contribution in [0, 0.1) is 22.3 Å². The molecule has 2 saturated carbocycles. The van der Waals surface area contributed by atoms with Gasteiger partial charge in [0.15, 0.2) is 0 Å². The zero-order valence-electron chi connectivity index (χ0n) is 13.3. The van der Waals surface area contributed by atoms with E-state index in [4.69, 9.17) is 15.2 Å². The van der Waals surface area contributed by atoms with Gasteiger partial charge in [-0.2, -0.15) is 0 Å². The van der Waals surface area contributed by atoms with Crippen LogP contribution in [0.15, 0.2) is 18.2 Å². The van der Waals surface area contributed by atoms with Gasteiger partial charge in [-0.25, -0.2) is 4.79 Å². The van der Waals surface area contributed by atoms with Gasteiger partial charge in [0, 0.05) is 11.6 Å². The zero-order valence-corrected chi connectivity index (χ0v) is 13.3.